The maximum absolute atomic E-state index is 13.6. The average Bonchev–Trinajstić information content (AvgIpc) is 2.39. The predicted octanol–water partition coefficient (Wildman–Crippen LogP) is 2.15. The molecule has 0 aromatic heterocycles. The number of hydrogen-bond acceptors (Lipinski definition) is 4. The molecule has 18 heavy (non-hydrogen) atoms. The van der Waals surface area contributed by atoms with E-state index in [1.54, 1.807) is 13.2 Å². The van der Waals surface area contributed by atoms with Gasteiger partial charge in [-0.2, -0.15) is 0 Å². The minimum absolute atomic E-state index is 0.0944. The largest absolute Gasteiger partial charge is 0.494 e. The molecule has 0 saturated carbocycles. The van der Waals surface area contributed by atoms with E-state index < -0.39 is 0 Å². The Kier molecular flexibility index (Phi) is 6.04. The normalized spacial score (nSPS) is 14.3. The fourth-order valence-electron chi connectivity index (χ4n) is 1.76. The van der Waals surface area contributed by atoms with Crippen LogP contribution in [-0.2, 0) is 4.74 Å². The number of ether oxygens (including phenoxy) is 2. The summed E-state index contributed by atoms with van der Waals surface area (Å²) >= 11 is 0. The van der Waals surface area contributed by atoms with E-state index >= 15 is 0 Å². The Labute approximate surface area is 107 Å². The molecule has 0 fully saturated rings. The van der Waals surface area contributed by atoms with Crippen LogP contribution >= 0.6 is 0 Å². The van der Waals surface area contributed by atoms with Crippen LogP contribution in [0.25, 0.3) is 0 Å². The summed E-state index contributed by atoms with van der Waals surface area (Å²) in [4.78, 5) is 0. The number of rotatable bonds is 7. The van der Waals surface area contributed by atoms with Gasteiger partial charge in [-0.25, -0.2) is 4.39 Å². The maximum atomic E-state index is 13.6. The minimum atomic E-state index is -0.380. The Morgan fingerprint density at radius 1 is 1.33 bits per heavy atom. The Morgan fingerprint density at radius 3 is 2.56 bits per heavy atom. The van der Waals surface area contributed by atoms with Crippen LogP contribution in [0, 0.1) is 5.82 Å². The highest BCUT2D eigenvalue weighted by Gasteiger charge is 2.14. The van der Waals surface area contributed by atoms with Gasteiger partial charge in [0.2, 0.25) is 0 Å². The average molecular weight is 256 g/mol. The molecule has 0 aliphatic rings. The standard InChI is InChI=1S/C13H21FN2O2/c1-9(17-2)4-6-12(16-15)10-5-7-13(18-3)11(14)8-10/h5,7-9,12,16H,4,6,15H2,1-3H3. The van der Waals surface area contributed by atoms with E-state index in [2.05, 4.69) is 5.43 Å². The predicted molar refractivity (Wildman–Crippen MR) is 68.7 cm³/mol. The molecule has 2 unspecified atom stereocenters. The minimum Gasteiger partial charge on any atom is -0.494 e. The van der Waals surface area contributed by atoms with Crippen molar-refractivity contribution < 1.29 is 13.9 Å². The SMILES string of the molecule is COc1ccc(C(CCC(C)OC)NN)cc1F. The molecule has 5 heteroatoms. The van der Waals surface area contributed by atoms with E-state index in [4.69, 9.17) is 15.3 Å². The van der Waals surface area contributed by atoms with Crippen LogP contribution in [0.3, 0.4) is 0 Å². The summed E-state index contributed by atoms with van der Waals surface area (Å²) in [6, 6.07) is 4.77. The Bertz CT molecular complexity index is 374. The number of hydrazine groups is 1. The molecule has 0 amide bonds. The van der Waals surface area contributed by atoms with Gasteiger partial charge < -0.3 is 9.47 Å². The molecule has 1 rings (SSSR count). The molecule has 0 heterocycles. The molecule has 0 spiro atoms. The zero-order valence-corrected chi connectivity index (χ0v) is 11.1. The first-order valence-corrected chi connectivity index (χ1v) is 5.94. The van der Waals surface area contributed by atoms with E-state index in [0.29, 0.717) is 0 Å². The molecule has 0 saturated heterocycles. The van der Waals surface area contributed by atoms with Crippen LogP contribution in [0.4, 0.5) is 4.39 Å². The molecule has 1 aromatic rings. The second-order valence-corrected chi connectivity index (χ2v) is 4.24. The number of benzene rings is 1. The van der Waals surface area contributed by atoms with Crippen molar-refractivity contribution in [1.29, 1.82) is 0 Å². The topological polar surface area (TPSA) is 56.5 Å². The summed E-state index contributed by atoms with van der Waals surface area (Å²) in [5.74, 6) is 5.36. The highest BCUT2D eigenvalue weighted by Crippen LogP contribution is 2.24. The third-order valence-corrected chi connectivity index (χ3v) is 3.04. The van der Waals surface area contributed by atoms with Crippen molar-refractivity contribution in [2.75, 3.05) is 14.2 Å². The van der Waals surface area contributed by atoms with Gasteiger partial charge in [-0.05, 0) is 37.5 Å². The molecule has 0 bridgehead atoms. The Balaban J connectivity index is 2.72. The van der Waals surface area contributed by atoms with E-state index in [1.807, 2.05) is 13.0 Å². The van der Waals surface area contributed by atoms with Gasteiger partial charge >= 0.3 is 0 Å². The molecule has 1 aromatic carbocycles. The molecular formula is C13H21FN2O2. The summed E-state index contributed by atoms with van der Waals surface area (Å²) in [5, 5.41) is 0. The molecule has 0 aliphatic heterocycles. The zero-order valence-electron chi connectivity index (χ0n) is 11.1. The van der Waals surface area contributed by atoms with Gasteiger partial charge in [-0.3, -0.25) is 11.3 Å². The van der Waals surface area contributed by atoms with E-state index in [-0.39, 0.29) is 23.7 Å². The second kappa shape index (κ2) is 7.31. The van der Waals surface area contributed by atoms with E-state index in [9.17, 15) is 4.39 Å². The van der Waals surface area contributed by atoms with Crippen molar-refractivity contribution in [1.82, 2.24) is 5.43 Å². The van der Waals surface area contributed by atoms with Crippen molar-refractivity contribution in [3.8, 4) is 5.75 Å². The van der Waals surface area contributed by atoms with Crippen LogP contribution in [0.1, 0.15) is 31.4 Å². The molecule has 2 atom stereocenters. The molecule has 0 aliphatic carbocycles. The summed E-state index contributed by atoms with van der Waals surface area (Å²) in [5.41, 5.74) is 3.50. The lowest BCUT2D eigenvalue weighted by atomic mass is 10.0. The maximum Gasteiger partial charge on any atom is 0.165 e. The highest BCUT2D eigenvalue weighted by atomic mass is 19.1. The van der Waals surface area contributed by atoms with Crippen LogP contribution < -0.4 is 16.0 Å². The van der Waals surface area contributed by atoms with Gasteiger partial charge in [0, 0.05) is 13.2 Å². The summed E-state index contributed by atoms with van der Waals surface area (Å²) < 4.78 is 23.7. The second-order valence-electron chi connectivity index (χ2n) is 4.24. The van der Waals surface area contributed by atoms with Crippen LogP contribution in [0.15, 0.2) is 18.2 Å². The quantitative estimate of drug-likeness (QED) is 0.580. The number of nitrogens with two attached hydrogens (primary N) is 1. The first-order chi connectivity index (χ1) is 8.62. The lowest BCUT2D eigenvalue weighted by Gasteiger charge is -2.18. The lowest BCUT2D eigenvalue weighted by Crippen LogP contribution is -2.28. The fraction of sp³-hybridized carbons (Fsp3) is 0.538. The van der Waals surface area contributed by atoms with Gasteiger partial charge in [-0.15, -0.1) is 0 Å². The van der Waals surface area contributed by atoms with Crippen molar-refractivity contribution in [2.45, 2.75) is 31.9 Å². The Morgan fingerprint density at radius 2 is 2.06 bits per heavy atom. The highest BCUT2D eigenvalue weighted by molar-refractivity contribution is 5.30. The summed E-state index contributed by atoms with van der Waals surface area (Å²) in [6.45, 7) is 1.99. The van der Waals surface area contributed by atoms with E-state index in [0.717, 1.165) is 18.4 Å². The number of halogens is 1. The summed E-state index contributed by atoms with van der Waals surface area (Å²) in [6.07, 6.45) is 1.78. The number of methoxy groups -OCH3 is 2. The van der Waals surface area contributed by atoms with Crippen molar-refractivity contribution in [3.05, 3.63) is 29.6 Å². The summed E-state index contributed by atoms with van der Waals surface area (Å²) in [7, 11) is 3.11. The van der Waals surface area contributed by atoms with Crippen LogP contribution in [0.2, 0.25) is 0 Å². The van der Waals surface area contributed by atoms with Crippen molar-refractivity contribution in [3.63, 3.8) is 0 Å². The molecule has 3 N–H and O–H groups in total. The van der Waals surface area contributed by atoms with Crippen molar-refractivity contribution in [2.24, 2.45) is 5.84 Å². The monoisotopic (exact) mass is 256 g/mol. The Hall–Kier alpha value is -1.17. The smallest absolute Gasteiger partial charge is 0.165 e. The van der Waals surface area contributed by atoms with Gasteiger partial charge in [0.25, 0.3) is 0 Å². The number of hydrogen-bond donors (Lipinski definition) is 2. The zero-order chi connectivity index (χ0) is 13.5. The van der Waals surface area contributed by atoms with Crippen LogP contribution in [-0.4, -0.2) is 20.3 Å². The van der Waals surface area contributed by atoms with Crippen LogP contribution in [0.5, 0.6) is 5.75 Å². The van der Waals surface area contributed by atoms with Gasteiger partial charge in [0.1, 0.15) is 0 Å². The first-order valence-electron chi connectivity index (χ1n) is 5.94. The van der Waals surface area contributed by atoms with Gasteiger partial charge in [-0.1, -0.05) is 6.07 Å². The fourth-order valence-corrected chi connectivity index (χ4v) is 1.76. The molecule has 102 valence electrons. The van der Waals surface area contributed by atoms with Crippen molar-refractivity contribution >= 4 is 0 Å². The molecule has 4 nitrogen and oxygen atoms in total. The third-order valence-electron chi connectivity index (χ3n) is 3.04. The first kappa shape index (κ1) is 14.9. The molecular weight excluding hydrogens is 235 g/mol. The van der Waals surface area contributed by atoms with Gasteiger partial charge in [0.15, 0.2) is 11.6 Å². The van der Waals surface area contributed by atoms with Gasteiger partial charge in [0.05, 0.1) is 13.2 Å². The number of nitrogens with one attached hydrogen (secondary N) is 1. The lowest BCUT2D eigenvalue weighted by molar-refractivity contribution is 0.106. The third kappa shape index (κ3) is 3.94. The van der Waals surface area contributed by atoms with E-state index in [1.165, 1.54) is 13.2 Å². The molecule has 0 radical (unpaired) electrons.